The normalized spacial score (nSPS) is 12.5. The Kier molecular flexibility index (Phi) is 7.83. The largest absolute Gasteiger partial charge is 0.350 e. The van der Waals surface area contributed by atoms with Crippen LogP contribution in [-0.4, -0.2) is 18.0 Å². The lowest BCUT2D eigenvalue weighted by molar-refractivity contribution is 0.504. The predicted octanol–water partition coefficient (Wildman–Crippen LogP) is 3.77. The highest BCUT2D eigenvalue weighted by Gasteiger charge is 2.11. The van der Waals surface area contributed by atoms with Crippen LogP contribution in [0.3, 0.4) is 0 Å². The van der Waals surface area contributed by atoms with E-state index in [-0.39, 0.29) is 30.0 Å². The van der Waals surface area contributed by atoms with Crippen LogP contribution >= 0.6 is 35.3 Å². The summed E-state index contributed by atoms with van der Waals surface area (Å²) in [7, 11) is 1.65. The van der Waals surface area contributed by atoms with E-state index in [0.29, 0.717) is 18.1 Å². The van der Waals surface area contributed by atoms with Crippen molar-refractivity contribution in [3.63, 3.8) is 0 Å². The number of hydrogen-bond acceptors (Lipinski definition) is 3. The first kappa shape index (κ1) is 19.8. The van der Waals surface area contributed by atoms with Crippen molar-refractivity contribution in [2.45, 2.75) is 26.4 Å². The molecule has 1 aromatic heterocycles. The first-order valence-corrected chi connectivity index (χ1v) is 7.64. The predicted molar refractivity (Wildman–Crippen MR) is 100 cm³/mol. The monoisotopic (exact) mass is 452 g/mol. The lowest BCUT2D eigenvalue weighted by Crippen LogP contribution is -2.38. The third kappa shape index (κ3) is 5.69. The molecule has 0 amide bonds. The van der Waals surface area contributed by atoms with Gasteiger partial charge in [0.2, 0.25) is 0 Å². The van der Waals surface area contributed by atoms with Crippen molar-refractivity contribution in [3.05, 3.63) is 51.5 Å². The molecule has 0 saturated carbocycles. The van der Waals surface area contributed by atoms with E-state index in [0.717, 1.165) is 16.0 Å². The van der Waals surface area contributed by atoms with Crippen molar-refractivity contribution in [2.75, 3.05) is 7.05 Å². The van der Waals surface area contributed by atoms with Gasteiger partial charge in [-0.15, -0.1) is 35.3 Å². The Balaban J connectivity index is 0.00000264. The minimum Gasteiger partial charge on any atom is -0.350 e. The Morgan fingerprint density at radius 1 is 1.35 bits per heavy atom. The number of aromatic nitrogens is 1. The lowest BCUT2D eigenvalue weighted by atomic mass is 10.1. The number of thiazole rings is 1. The summed E-state index contributed by atoms with van der Waals surface area (Å²) in [5.41, 5.74) is 0.645. The number of guanidine groups is 1. The minimum absolute atomic E-state index is 0. The van der Waals surface area contributed by atoms with E-state index in [1.807, 2.05) is 20.0 Å². The van der Waals surface area contributed by atoms with Gasteiger partial charge in [0.1, 0.15) is 5.01 Å². The van der Waals surface area contributed by atoms with Gasteiger partial charge in [0.15, 0.2) is 17.6 Å². The average molecular weight is 452 g/mol. The Labute approximate surface area is 155 Å². The fourth-order valence-electron chi connectivity index (χ4n) is 1.91. The minimum atomic E-state index is -0.854. The molecule has 2 rings (SSSR count). The Morgan fingerprint density at radius 3 is 2.65 bits per heavy atom. The molecule has 0 saturated heterocycles. The molecule has 0 spiro atoms. The molecule has 8 heteroatoms. The molecule has 1 atom stereocenters. The molecular formula is C15H19F2IN4S. The summed E-state index contributed by atoms with van der Waals surface area (Å²) in [4.78, 5) is 9.53. The molecule has 4 nitrogen and oxygen atoms in total. The van der Waals surface area contributed by atoms with Crippen molar-refractivity contribution in [1.29, 1.82) is 0 Å². The molecule has 0 bridgehead atoms. The van der Waals surface area contributed by atoms with Crippen LogP contribution in [0.15, 0.2) is 29.4 Å². The summed E-state index contributed by atoms with van der Waals surface area (Å²) in [5.74, 6) is -1.13. The highest BCUT2D eigenvalue weighted by Crippen LogP contribution is 2.16. The third-order valence-electron chi connectivity index (χ3n) is 3.10. The van der Waals surface area contributed by atoms with Gasteiger partial charge >= 0.3 is 0 Å². The second kappa shape index (κ2) is 9.11. The van der Waals surface area contributed by atoms with Gasteiger partial charge in [-0.2, -0.15) is 0 Å². The number of halogens is 3. The summed E-state index contributed by atoms with van der Waals surface area (Å²) in [6.45, 7) is 4.41. The molecular weight excluding hydrogens is 433 g/mol. The number of nitrogens with zero attached hydrogens (tertiary/aromatic N) is 2. The van der Waals surface area contributed by atoms with Crippen LogP contribution in [-0.2, 0) is 6.54 Å². The van der Waals surface area contributed by atoms with Crippen LogP contribution in [0.25, 0.3) is 0 Å². The molecule has 2 aromatic rings. The smallest absolute Gasteiger partial charge is 0.191 e. The Hall–Kier alpha value is -1.29. The van der Waals surface area contributed by atoms with Gasteiger partial charge < -0.3 is 10.6 Å². The molecule has 1 heterocycles. The highest BCUT2D eigenvalue weighted by molar-refractivity contribution is 14.0. The van der Waals surface area contributed by atoms with Gasteiger partial charge in [-0.3, -0.25) is 4.99 Å². The molecule has 0 aliphatic carbocycles. The molecule has 2 N–H and O–H groups in total. The van der Waals surface area contributed by atoms with Crippen molar-refractivity contribution in [3.8, 4) is 0 Å². The average Bonchev–Trinajstić information content (AvgIpc) is 2.91. The maximum absolute atomic E-state index is 13.3. The summed E-state index contributed by atoms with van der Waals surface area (Å²) in [6, 6.07) is 3.65. The fraction of sp³-hybridized carbons (Fsp3) is 0.333. The zero-order valence-electron chi connectivity index (χ0n) is 13.1. The molecule has 0 radical (unpaired) electrons. The number of benzene rings is 1. The molecule has 0 fully saturated rings. The van der Waals surface area contributed by atoms with Gasteiger partial charge in [0, 0.05) is 18.1 Å². The van der Waals surface area contributed by atoms with Gasteiger partial charge in [-0.25, -0.2) is 13.8 Å². The topological polar surface area (TPSA) is 49.3 Å². The van der Waals surface area contributed by atoms with Crippen molar-refractivity contribution >= 4 is 41.3 Å². The fourth-order valence-corrected chi connectivity index (χ4v) is 2.63. The van der Waals surface area contributed by atoms with E-state index in [9.17, 15) is 8.78 Å². The van der Waals surface area contributed by atoms with E-state index in [1.165, 1.54) is 6.07 Å². The van der Waals surface area contributed by atoms with Gasteiger partial charge in [-0.1, -0.05) is 6.07 Å². The summed E-state index contributed by atoms with van der Waals surface area (Å²) in [5, 5.41) is 7.24. The second-order valence-corrected chi connectivity index (χ2v) is 6.15. The number of aryl methyl sites for hydroxylation is 1. The Bertz CT molecular complexity index is 675. The molecule has 126 valence electrons. The first-order chi connectivity index (χ1) is 10.5. The van der Waals surface area contributed by atoms with E-state index in [2.05, 4.69) is 20.6 Å². The van der Waals surface area contributed by atoms with Crippen LogP contribution < -0.4 is 10.6 Å². The third-order valence-corrected chi connectivity index (χ3v) is 4.01. The van der Waals surface area contributed by atoms with Crippen LogP contribution in [0, 0.1) is 18.6 Å². The van der Waals surface area contributed by atoms with Crippen molar-refractivity contribution in [1.82, 2.24) is 15.6 Å². The van der Waals surface area contributed by atoms with Crippen LogP contribution in [0.4, 0.5) is 8.78 Å². The first-order valence-electron chi connectivity index (χ1n) is 6.83. The molecule has 0 aliphatic heterocycles. The second-order valence-electron chi connectivity index (χ2n) is 4.83. The van der Waals surface area contributed by atoms with Crippen LogP contribution in [0.5, 0.6) is 0 Å². The molecule has 1 aromatic carbocycles. The summed E-state index contributed by atoms with van der Waals surface area (Å²) >= 11 is 1.61. The zero-order chi connectivity index (χ0) is 16.1. The van der Waals surface area contributed by atoms with E-state index < -0.39 is 11.6 Å². The Morgan fingerprint density at radius 2 is 2.09 bits per heavy atom. The zero-order valence-corrected chi connectivity index (χ0v) is 16.2. The van der Waals surface area contributed by atoms with E-state index >= 15 is 0 Å². The number of rotatable bonds is 4. The molecule has 1 unspecified atom stereocenters. The number of nitrogens with one attached hydrogen (secondary N) is 2. The quantitative estimate of drug-likeness (QED) is 0.422. The van der Waals surface area contributed by atoms with E-state index in [1.54, 1.807) is 24.5 Å². The number of hydrogen-bond donors (Lipinski definition) is 2. The maximum atomic E-state index is 13.3. The summed E-state index contributed by atoms with van der Waals surface area (Å²) in [6.07, 6.45) is 1.82. The lowest BCUT2D eigenvalue weighted by Gasteiger charge is -2.18. The SMILES string of the molecule is CN=C(NCc1ncc(C)s1)NC(C)c1ccc(F)c(F)c1.I. The number of aliphatic imine (C=N–C) groups is 1. The van der Waals surface area contributed by atoms with E-state index in [4.69, 9.17) is 0 Å². The molecule has 0 aliphatic rings. The molecule has 23 heavy (non-hydrogen) atoms. The van der Waals surface area contributed by atoms with Crippen molar-refractivity contribution in [2.24, 2.45) is 4.99 Å². The summed E-state index contributed by atoms with van der Waals surface area (Å²) < 4.78 is 26.2. The maximum Gasteiger partial charge on any atom is 0.191 e. The standard InChI is InChI=1S/C15H18F2N4S.HI/c1-9-7-19-14(22-9)8-20-15(18-3)21-10(2)11-4-5-12(16)13(17)6-11;/h4-7,10H,8H2,1-3H3,(H2,18,20,21);1H. The highest BCUT2D eigenvalue weighted by atomic mass is 127. The van der Waals surface area contributed by atoms with Crippen LogP contribution in [0.1, 0.15) is 28.4 Å². The van der Waals surface area contributed by atoms with Crippen molar-refractivity contribution < 1.29 is 8.78 Å². The van der Waals surface area contributed by atoms with Gasteiger partial charge in [0.25, 0.3) is 0 Å². The van der Waals surface area contributed by atoms with Crippen LogP contribution in [0.2, 0.25) is 0 Å². The van der Waals surface area contributed by atoms with Gasteiger partial charge in [-0.05, 0) is 31.5 Å². The van der Waals surface area contributed by atoms with Gasteiger partial charge in [0.05, 0.1) is 12.6 Å².